The minimum atomic E-state index is -0.323. The maximum atomic E-state index is 12.0. The lowest BCUT2D eigenvalue weighted by Crippen LogP contribution is -2.28. The average molecular weight is 371 g/mol. The van der Waals surface area contributed by atoms with Gasteiger partial charge in [0.25, 0.3) is 5.56 Å². The molecular weight excluding hydrogens is 358 g/mol. The summed E-state index contributed by atoms with van der Waals surface area (Å²) < 4.78 is 2.08. The Kier molecular flexibility index (Phi) is 4.69. The van der Waals surface area contributed by atoms with Crippen molar-refractivity contribution in [1.29, 1.82) is 0 Å². The summed E-state index contributed by atoms with van der Waals surface area (Å²) in [6.45, 7) is 1.61. The van der Waals surface area contributed by atoms with E-state index in [2.05, 4.69) is 21.2 Å². The van der Waals surface area contributed by atoms with Gasteiger partial charge in [0.1, 0.15) is 6.54 Å². The highest BCUT2D eigenvalue weighted by molar-refractivity contribution is 9.10. The highest BCUT2D eigenvalue weighted by Crippen LogP contribution is 2.22. The highest BCUT2D eigenvalue weighted by Gasteiger charge is 2.08. The summed E-state index contributed by atoms with van der Waals surface area (Å²) in [6, 6.07) is 6.51. The molecule has 0 aliphatic carbocycles. The van der Waals surface area contributed by atoms with Crippen molar-refractivity contribution in [1.82, 2.24) is 4.57 Å². The topological polar surface area (TPSA) is 77.1 Å². The van der Waals surface area contributed by atoms with Crippen LogP contribution in [0.2, 0.25) is 5.02 Å². The summed E-state index contributed by atoms with van der Waals surface area (Å²) in [7, 11) is 0. The minimum Gasteiger partial charge on any atom is -0.397 e. The lowest BCUT2D eigenvalue weighted by molar-refractivity contribution is -0.116. The number of carbonyl (C=O) groups is 1. The van der Waals surface area contributed by atoms with E-state index in [1.54, 1.807) is 37.4 Å². The molecule has 0 aliphatic heterocycles. The summed E-state index contributed by atoms with van der Waals surface area (Å²) >= 11 is 9.11. The normalized spacial score (nSPS) is 10.4. The number of nitrogens with zero attached hydrogens (tertiary/aromatic N) is 1. The number of nitrogens with two attached hydrogens (primary N) is 1. The van der Waals surface area contributed by atoms with Gasteiger partial charge in [-0.1, -0.05) is 11.6 Å². The van der Waals surface area contributed by atoms with Crippen molar-refractivity contribution in [3.8, 4) is 0 Å². The van der Waals surface area contributed by atoms with Crippen LogP contribution in [0.5, 0.6) is 0 Å². The smallest absolute Gasteiger partial charge is 0.253 e. The zero-order chi connectivity index (χ0) is 15.6. The van der Waals surface area contributed by atoms with E-state index < -0.39 is 0 Å². The Morgan fingerprint density at radius 3 is 2.81 bits per heavy atom. The van der Waals surface area contributed by atoms with Crippen LogP contribution >= 0.6 is 27.5 Å². The Hall–Kier alpha value is -1.79. The third-order valence-corrected chi connectivity index (χ3v) is 3.60. The summed E-state index contributed by atoms with van der Waals surface area (Å²) in [5.41, 5.74) is 6.94. The summed E-state index contributed by atoms with van der Waals surface area (Å²) in [5, 5.41) is 3.09. The number of rotatable bonds is 3. The van der Waals surface area contributed by atoms with Crippen LogP contribution in [0.15, 0.2) is 39.7 Å². The first-order valence-electron chi connectivity index (χ1n) is 6.08. The van der Waals surface area contributed by atoms with Gasteiger partial charge in [-0.05, 0) is 47.1 Å². The molecule has 0 atom stereocenters. The second-order valence-corrected chi connectivity index (χ2v) is 5.88. The van der Waals surface area contributed by atoms with E-state index in [9.17, 15) is 9.59 Å². The number of hydrogen-bond acceptors (Lipinski definition) is 3. The number of nitrogens with one attached hydrogen (secondary N) is 1. The van der Waals surface area contributed by atoms with E-state index in [1.807, 2.05) is 0 Å². The van der Waals surface area contributed by atoms with Crippen LogP contribution in [0.25, 0.3) is 0 Å². The molecule has 1 aromatic heterocycles. The molecule has 2 aromatic rings. The Labute approximate surface area is 134 Å². The molecule has 0 spiro atoms. The monoisotopic (exact) mass is 369 g/mol. The largest absolute Gasteiger partial charge is 0.397 e. The SMILES string of the molecule is Cc1cc(Br)cn(CC(=O)Nc2ccc(Cl)c(N)c2)c1=O. The number of aryl methyl sites for hydroxylation is 1. The molecule has 1 aromatic carbocycles. The van der Waals surface area contributed by atoms with Gasteiger partial charge >= 0.3 is 0 Å². The van der Waals surface area contributed by atoms with Crippen LogP contribution in [-0.2, 0) is 11.3 Å². The number of carbonyl (C=O) groups excluding carboxylic acids is 1. The fraction of sp³-hybridized carbons (Fsp3) is 0.143. The van der Waals surface area contributed by atoms with Gasteiger partial charge in [0.2, 0.25) is 5.91 Å². The first-order chi connectivity index (χ1) is 9.86. The highest BCUT2D eigenvalue weighted by atomic mass is 79.9. The third-order valence-electron chi connectivity index (χ3n) is 2.83. The predicted molar refractivity (Wildman–Crippen MR) is 87.6 cm³/mol. The molecule has 3 N–H and O–H groups in total. The molecule has 0 bridgehead atoms. The van der Waals surface area contributed by atoms with Gasteiger partial charge < -0.3 is 15.6 Å². The number of hydrogen-bond donors (Lipinski definition) is 2. The quantitative estimate of drug-likeness (QED) is 0.816. The van der Waals surface area contributed by atoms with E-state index in [0.717, 1.165) is 4.47 Å². The fourth-order valence-corrected chi connectivity index (χ4v) is 2.54. The lowest BCUT2D eigenvalue weighted by Gasteiger charge is -2.09. The van der Waals surface area contributed by atoms with Gasteiger partial charge in [0, 0.05) is 21.9 Å². The van der Waals surface area contributed by atoms with Crippen molar-refractivity contribution < 1.29 is 4.79 Å². The lowest BCUT2D eigenvalue weighted by atomic mass is 10.2. The second-order valence-electron chi connectivity index (χ2n) is 4.56. The van der Waals surface area contributed by atoms with Gasteiger partial charge in [-0.2, -0.15) is 0 Å². The Bertz CT molecular complexity index is 758. The fourth-order valence-electron chi connectivity index (χ4n) is 1.83. The molecule has 0 saturated carbocycles. The van der Waals surface area contributed by atoms with Crippen molar-refractivity contribution in [3.05, 3.63) is 55.9 Å². The van der Waals surface area contributed by atoms with Gasteiger partial charge in [0.15, 0.2) is 0 Å². The molecule has 0 radical (unpaired) electrons. The zero-order valence-corrected chi connectivity index (χ0v) is 13.5. The molecule has 1 heterocycles. The third kappa shape index (κ3) is 3.86. The molecule has 2 rings (SSSR count). The van der Waals surface area contributed by atoms with Gasteiger partial charge in [-0.3, -0.25) is 9.59 Å². The van der Waals surface area contributed by atoms with Crippen LogP contribution in [0.3, 0.4) is 0 Å². The molecule has 0 aliphatic rings. The van der Waals surface area contributed by atoms with Crippen LogP contribution < -0.4 is 16.6 Å². The molecular formula is C14H13BrClN3O2. The number of benzene rings is 1. The number of amides is 1. The number of pyridine rings is 1. The van der Waals surface area contributed by atoms with Crippen LogP contribution in [0.4, 0.5) is 11.4 Å². The number of halogens is 2. The molecule has 7 heteroatoms. The predicted octanol–water partition coefficient (Wildman–Crippen LogP) is 2.79. The number of anilines is 2. The van der Waals surface area contributed by atoms with Gasteiger partial charge in [-0.25, -0.2) is 0 Å². The summed E-state index contributed by atoms with van der Waals surface area (Å²) in [4.78, 5) is 23.9. The van der Waals surface area contributed by atoms with E-state index in [-0.39, 0.29) is 18.0 Å². The van der Waals surface area contributed by atoms with Crippen molar-refractivity contribution in [2.45, 2.75) is 13.5 Å². The van der Waals surface area contributed by atoms with Crippen molar-refractivity contribution >= 4 is 44.8 Å². The Balaban J connectivity index is 2.15. The summed E-state index contributed by atoms with van der Waals surface area (Å²) in [6.07, 6.45) is 1.57. The van der Waals surface area contributed by atoms with E-state index in [0.29, 0.717) is 22.0 Å². The van der Waals surface area contributed by atoms with Crippen molar-refractivity contribution in [2.24, 2.45) is 0 Å². The molecule has 0 fully saturated rings. The number of nitrogen functional groups attached to an aromatic ring is 1. The Morgan fingerprint density at radius 1 is 1.43 bits per heavy atom. The minimum absolute atomic E-state index is 0.0817. The molecule has 110 valence electrons. The average Bonchev–Trinajstić information content (AvgIpc) is 2.39. The summed E-state index contributed by atoms with van der Waals surface area (Å²) in [5.74, 6) is -0.323. The van der Waals surface area contributed by atoms with Gasteiger partial charge in [0.05, 0.1) is 10.7 Å². The maximum absolute atomic E-state index is 12.0. The van der Waals surface area contributed by atoms with Gasteiger partial charge in [-0.15, -0.1) is 0 Å². The molecule has 21 heavy (non-hydrogen) atoms. The second kappa shape index (κ2) is 6.32. The maximum Gasteiger partial charge on any atom is 0.253 e. The first-order valence-corrected chi connectivity index (χ1v) is 7.25. The van der Waals surface area contributed by atoms with Crippen LogP contribution in [0.1, 0.15) is 5.56 Å². The Morgan fingerprint density at radius 2 is 2.14 bits per heavy atom. The number of aromatic nitrogens is 1. The van der Waals surface area contributed by atoms with E-state index in [1.165, 1.54) is 4.57 Å². The van der Waals surface area contributed by atoms with E-state index >= 15 is 0 Å². The first kappa shape index (κ1) is 15.6. The molecule has 1 amide bonds. The van der Waals surface area contributed by atoms with Crippen LogP contribution in [0, 0.1) is 6.92 Å². The standard InChI is InChI=1S/C14H13BrClN3O2/c1-8-4-9(15)6-19(14(8)21)7-13(20)18-10-2-3-11(16)12(17)5-10/h2-6H,7,17H2,1H3,(H,18,20). The molecule has 0 saturated heterocycles. The molecule has 0 unspecified atom stereocenters. The van der Waals surface area contributed by atoms with E-state index in [4.69, 9.17) is 17.3 Å². The van der Waals surface area contributed by atoms with Crippen molar-refractivity contribution in [3.63, 3.8) is 0 Å². The zero-order valence-electron chi connectivity index (χ0n) is 11.2. The van der Waals surface area contributed by atoms with Crippen LogP contribution in [-0.4, -0.2) is 10.5 Å². The van der Waals surface area contributed by atoms with Crippen molar-refractivity contribution in [2.75, 3.05) is 11.1 Å². The molecule has 5 nitrogen and oxygen atoms in total.